The zero-order chi connectivity index (χ0) is 17.8. The van der Waals surface area contributed by atoms with Gasteiger partial charge >= 0.3 is 0 Å². The third kappa shape index (κ3) is 3.48. The van der Waals surface area contributed by atoms with Crippen LogP contribution in [0.4, 0.5) is 5.69 Å². The van der Waals surface area contributed by atoms with Crippen LogP contribution in [0.2, 0.25) is 0 Å². The predicted molar refractivity (Wildman–Crippen MR) is 101 cm³/mol. The SMILES string of the molecule is CCOc1ccc(NC(=O)c2c(CC)nc3ccccc3c2C)cc1. The first-order valence-corrected chi connectivity index (χ1v) is 8.56. The number of aromatic nitrogens is 1. The van der Waals surface area contributed by atoms with Gasteiger partial charge in [-0.25, -0.2) is 0 Å². The number of hydrogen-bond donors (Lipinski definition) is 1. The summed E-state index contributed by atoms with van der Waals surface area (Å²) >= 11 is 0. The van der Waals surface area contributed by atoms with Crippen LogP contribution in [0.5, 0.6) is 5.75 Å². The Morgan fingerprint density at radius 2 is 1.80 bits per heavy atom. The highest BCUT2D eigenvalue weighted by Crippen LogP contribution is 2.24. The number of para-hydroxylation sites is 1. The number of carbonyl (C=O) groups is 1. The van der Waals surface area contributed by atoms with Crippen molar-refractivity contribution in [2.45, 2.75) is 27.2 Å². The minimum atomic E-state index is -0.128. The number of carbonyl (C=O) groups excluding carboxylic acids is 1. The molecule has 3 aromatic rings. The van der Waals surface area contributed by atoms with Gasteiger partial charge in [-0.05, 0) is 56.2 Å². The van der Waals surface area contributed by atoms with E-state index in [9.17, 15) is 4.79 Å². The van der Waals surface area contributed by atoms with Crippen LogP contribution in [0.3, 0.4) is 0 Å². The second-order valence-electron chi connectivity index (χ2n) is 5.84. The van der Waals surface area contributed by atoms with Gasteiger partial charge in [0, 0.05) is 11.1 Å². The van der Waals surface area contributed by atoms with E-state index in [4.69, 9.17) is 4.74 Å². The lowest BCUT2D eigenvalue weighted by atomic mass is 9.99. The molecule has 25 heavy (non-hydrogen) atoms. The highest BCUT2D eigenvalue weighted by atomic mass is 16.5. The van der Waals surface area contributed by atoms with E-state index < -0.39 is 0 Å². The van der Waals surface area contributed by atoms with Crippen LogP contribution in [0.15, 0.2) is 48.5 Å². The average molecular weight is 334 g/mol. The number of benzene rings is 2. The predicted octanol–water partition coefficient (Wildman–Crippen LogP) is 4.76. The second-order valence-corrected chi connectivity index (χ2v) is 5.84. The van der Waals surface area contributed by atoms with Gasteiger partial charge < -0.3 is 10.1 Å². The van der Waals surface area contributed by atoms with Gasteiger partial charge in [0.05, 0.1) is 23.4 Å². The Kier molecular flexibility index (Phi) is 4.98. The number of hydrogen-bond acceptors (Lipinski definition) is 3. The lowest BCUT2D eigenvalue weighted by molar-refractivity contribution is 0.102. The van der Waals surface area contributed by atoms with Crippen LogP contribution in [0.25, 0.3) is 10.9 Å². The van der Waals surface area contributed by atoms with E-state index in [2.05, 4.69) is 10.3 Å². The minimum Gasteiger partial charge on any atom is -0.494 e. The molecule has 3 rings (SSSR count). The molecule has 0 fully saturated rings. The standard InChI is InChI=1S/C21H22N2O2/c1-4-18-20(14(3)17-8-6-7-9-19(17)23-18)21(24)22-15-10-12-16(13-11-15)25-5-2/h6-13H,4-5H2,1-3H3,(H,22,24). The summed E-state index contributed by atoms with van der Waals surface area (Å²) in [6, 6.07) is 15.3. The van der Waals surface area contributed by atoms with Crippen molar-refractivity contribution in [1.82, 2.24) is 4.98 Å². The van der Waals surface area contributed by atoms with Crippen molar-refractivity contribution in [3.8, 4) is 5.75 Å². The molecule has 1 aromatic heterocycles. The zero-order valence-electron chi connectivity index (χ0n) is 14.8. The molecule has 128 valence electrons. The fourth-order valence-electron chi connectivity index (χ4n) is 2.99. The van der Waals surface area contributed by atoms with Crippen LogP contribution in [0.1, 0.15) is 35.5 Å². The largest absolute Gasteiger partial charge is 0.494 e. The quantitative estimate of drug-likeness (QED) is 0.732. The zero-order valence-corrected chi connectivity index (χ0v) is 14.8. The molecule has 0 saturated heterocycles. The van der Waals surface area contributed by atoms with E-state index in [0.717, 1.165) is 33.6 Å². The van der Waals surface area contributed by atoms with E-state index >= 15 is 0 Å². The maximum atomic E-state index is 12.9. The van der Waals surface area contributed by atoms with Crippen LogP contribution in [-0.4, -0.2) is 17.5 Å². The summed E-state index contributed by atoms with van der Waals surface area (Å²) in [6.07, 6.45) is 0.706. The van der Waals surface area contributed by atoms with Gasteiger partial charge in [0.2, 0.25) is 0 Å². The second kappa shape index (κ2) is 7.34. The molecule has 0 aliphatic rings. The third-order valence-electron chi connectivity index (χ3n) is 4.21. The molecule has 0 aliphatic carbocycles. The number of rotatable bonds is 5. The summed E-state index contributed by atoms with van der Waals surface area (Å²) in [5, 5.41) is 3.98. The molecule has 0 unspecified atom stereocenters. The monoisotopic (exact) mass is 334 g/mol. The van der Waals surface area contributed by atoms with Crippen LogP contribution < -0.4 is 10.1 Å². The number of anilines is 1. The maximum Gasteiger partial charge on any atom is 0.257 e. The Morgan fingerprint density at radius 1 is 1.08 bits per heavy atom. The molecule has 0 aliphatic heterocycles. The van der Waals surface area contributed by atoms with E-state index in [-0.39, 0.29) is 5.91 Å². The van der Waals surface area contributed by atoms with Crippen molar-refractivity contribution in [1.29, 1.82) is 0 Å². The Hall–Kier alpha value is -2.88. The minimum absolute atomic E-state index is 0.128. The molecule has 1 amide bonds. The van der Waals surface area contributed by atoms with Crippen LogP contribution in [-0.2, 0) is 6.42 Å². The van der Waals surface area contributed by atoms with Gasteiger partial charge in [0.25, 0.3) is 5.91 Å². The topological polar surface area (TPSA) is 51.2 Å². The van der Waals surface area contributed by atoms with Crippen molar-refractivity contribution in [3.05, 3.63) is 65.4 Å². The fraction of sp³-hybridized carbons (Fsp3) is 0.238. The smallest absolute Gasteiger partial charge is 0.257 e. The summed E-state index contributed by atoms with van der Waals surface area (Å²) < 4.78 is 5.43. The number of nitrogens with one attached hydrogen (secondary N) is 1. The molecule has 4 nitrogen and oxygen atoms in total. The fourth-order valence-corrected chi connectivity index (χ4v) is 2.99. The Morgan fingerprint density at radius 3 is 2.48 bits per heavy atom. The van der Waals surface area contributed by atoms with E-state index in [0.29, 0.717) is 18.6 Å². The Bertz CT molecular complexity index is 902. The normalized spacial score (nSPS) is 10.7. The molecule has 0 spiro atoms. The van der Waals surface area contributed by atoms with Crippen molar-refractivity contribution >= 4 is 22.5 Å². The maximum absolute atomic E-state index is 12.9. The molecule has 0 saturated carbocycles. The van der Waals surface area contributed by atoms with E-state index in [1.54, 1.807) is 0 Å². The summed E-state index contributed by atoms with van der Waals surface area (Å²) in [5.74, 6) is 0.662. The number of amides is 1. The molecule has 4 heteroatoms. The number of fused-ring (bicyclic) bond motifs is 1. The Labute approximate surface area is 147 Å². The first-order valence-electron chi connectivity index (χ1n) is 8.56. The molecule has 0 atom stereocenters. The molecular weight excluding hydrogens is 312 g/mol. The lowest BCUT2D eigenvalue weighted by Gasteiger charge is -2.14. The molecular formula is C21H22N2O2. The number of aryl methyl sites for hydroxylation is 2. The van der Waals surface area contributed by atoms with Gasteiger partial charge in [-0.2, -0.15) is 0 Å². The van der Waals surface area contributed by atoms with Gasteiger partial charge in [-0.1, -0.05) is 25.1 Å². The van der Waals surface area contributed by atoms with Crippen LogP contribution >= 0.6 is 0 Å². The molecule has 1 heterocycles. The van der Waals surface area contributed by atoms with Gasteiger partial charge in [0.1, 0.15) is 5.75 Å². The summed E-state index contributed by atoms with van der Waals surface area (Å²) in [6.45, 7) is 6.56. The molecule has 0 bridgehead atoms. The van der Waals surface area contributed by atoms with E-state index in [1.807, 2.05) is 69.3 Å². The number of nitrogens with zero attached hydrogens (tertiary/aromatic N) is 1. The highest BCUT2D eigenvalue weighted by molar-refractivity contribution is 6.08. The van der Waals surface area contributed by atoms with Crippen molar-refractivity contribution in [2.75, 3.05) is 11.9 Å². The van der Waals surface area contributed by atoms with Gasteiger partial charge in [0.15, 0.2) is 0 Å². The lowest BCUT2D eigenvalue weighted by Crippen LogP contribution is -2.17. The Balaban J connectivity index is 1.94. The van der Waals surface area contributed by atoms with E-state index in [1.165, 1.54) is 0 Å². The summed E-state index contributed by atoms with van der Waals surface area (Å²) in [7, 11) is 0. The van der Waals surface area contributed by atoms with Crippen molar-refractivity contribution in [2.24, 2.45) is 0 Å². The third-order valence-corrected chi connectivity index (χ3v) is 4.21. The molecule has 0 radical (unpaired) electrons. The van der Waals surface area contributed by atoms with Crippen LogP contribution in [0, 0.1) is 6.92 Å². The first kappa shape index (κ1) is 17.0. The molecule has 2 aromatic carbocycles. The van der Waals surface area contributed by atoms with Gasteiger partial charge in [-0.15, -0.1) is 0 Å². The van der Waals surface area contributed by atoms with Crippen molar-refractivity contribution < 1.29 is 9.53 Å². The van der Waals surface area contributed by atoms with Gasteiger partial charge in [-0.3, -0.25) is 9.78 Å². The average Bonchev–Trinajstić information content (AvgIpc) is 2.63. The molecule has 1 N–H and O–H groups in total. The number of ether oxygens (including phenoxy) is 1. The van der Waals surface area contributed by atoms with Crippen molar-refractivity contribution in [3.63, 3.8) is 0 Å². The number of pyridine rings is 1. The summed E-state index contributed by atoms with van der Waals surface area (Å²) in [5.41, 5.74) is 4.11. The summed E-state index contributed by atoms with van der Waals surface area (Å²) in [4.78, 5) is 17.6. The first-order chi connectivity index (χ1) is 12.1. The highest BCUT2D eigenvalue weighted by Gasteiger charge is 2.17.